The first-order chi connectivity index (χ1) is 6.69. The number of halogens is 2. The molecule has 0 spiro atoms. The van der Waals surface area contributed by atoms with Gasteiger partial charge in [0.1, 0.15) is 0 Å². The van der Waals surface area contributed by atoms with E-state index in [2.05, 4.69) is 19.2 Å². The second-order valence-electron chi connectivity index (χ2n) is 3.19. The standard InChI is InChI=1S/C10H15Cl2NS/c1-3-5-13-8(4-2)7-6-9(11)14-10(7)12/h6,8,13H,3-5H2,1-2H3. The molecule has 1 rings (SSSR count). The second kappa shape index (κ2) is 5.96. The van der Waals surface area contributed by atoms with Crippen molar-refractivity contribution >= 4 is 34.5 Å². The highest BCUT2D eigenvalue weighted by atomic mass is 35.5. The Morgan fingerprint density at radius 2 is 2.14 bits per heavy atom. The molecule has 0 radical (unpaired) electrons. The van der Waals surface area contributed by atoms with Gasteiger partial charge in [-0.25, -0.2) is 0 Å². The molecule has 1 atom stereocenters. The predicted molar refractivity (Wildman–Crippen MR) is 65.7 cm³/mol. The minimum atomic E-state index is 0.339. The Kier molecular flexibility index (Phi) is 5.24. The van der Waals surface area contributed by atoms with E-state index < -0.39 is 0 Å². The monoisotopic (exact) mass is 251 g/mol. The zero-order valence-electron chi connectivity index (χ0n) is 8.44. The van der Waals surface area contributed by atoms with Crippen LogP contribution in [-0.4, -0.2) is 6.54 Å². The predicted octanol–water partition coefficient (Wildman–Crippen LogP) is 4.51. The molecule has 0 saturated carbocycles. The van der Waals surface area contributed by atoms with Gasteiger partial charge < -0.3 is 5.32 Å². The van der Waals surface area contributed by atoms with Crippen molar-refractivity contribution in [3.63, 3.8) is 0 Å². The van der Waals surface area contributed by atoms with E-state index in [1.165, 1.54) is 11.3 Å². The van der Waals surface area contributed by atoms with Crippen LogP contribution >= 0.6 is 34.5 Å². The van der Waals surface area contributed by atoms with Crippen molar-refractivity contribution in [3.05, 3.63) is 20.3 Å². The summed E-state index contributed by atoms with van der Waals surface area (Å²) < 4.78 is 1.58. The molecule has 0 fully saturated rings. The van der Waals surface area contributed by atoms with E-state index in [0.717, 1.165) is 33.6 Å². The van der Waals surface area contributed by atoms with Crippen LogP contribution in [0.3, 0.4) is 0 Å². The first-order valence-corrected chi connectivity index (χ1v) is 6.44. The largest absolute Gasteiger partial charge is 0.310 e. The molecule has 1 aromatic heterocycles. The summed E-state index contributed by atoms with van der Waals surface area (Å²) >= 11 is 13.4. The summed E-state index contributed by atoms with van der Waals surface area (Å²) in [6.07, 6.45) is 2.17. The first kappa shape index (κ1) is 12.3. The lowest BCUT2D eigenvalue weighted by Crippen LogP contribution is -2.21. The third-order valence-electron chi connectivity index (χ3n) is 2.11. The van der Waals surface area contributed by atoms with Gasteiger partial charge in [-0.3, -0.25) is 0 Å². The molecule has 0 amide bonds. The fourth-order valence-corrected chi connectivity index (χ4v) is 2.96. The van der Waals surface area contributed by atoms with Crippen molar-refractivity contribution < 1.29 is 0 Å². The molecule has 1 unspecified atom stereocenters. The summed E-state index contributed by atoms with van der Waals surface area (Å²) in [7, 11) is 0. The van der Waals surface area contributed by atoms with Gasteiger partial charge in [-0.2, -0.15) is 0 Å². The molecule has 1 N–H and O–H groups in total. The van der Waals surface area contributed by atoms with Gasteiger partial charge in [0.2, 0.25) is 0 Å². The molecular formula is C10H15Cl2NS. The normalized spacial score (nSPS) is 13.1. The highest BCUT2D eigenvalue weighted by Gasteiger charge is 2.14. The lowest BCUT2D eigenvalue weighted by Gasteiger charge is -2.15. The van der Waals surface area contributed by atoms with Crippen molar-refractivity contribution in [1.82, 2.24) is 5.32 Å². The number of hydrogen-bond donors (Lipinski definition) is 1. The Hall–Kier alpha value is 0.240. The van der Waals surface area contributed by atoms with Crippen LogP contribution in [0.15, 0.2) is 6.07 Å². The molecule has 80 valence electrons. The molecular weight excluding hydrogens is 237 g/mol. The fraction of sp³-hybridized carbons (Fsp3) is 0.600. The second-order valence-corrected chi connectivity index (χ2v) is 5.48. The van der Waals surface area contributed by atoms with Gasteiger partial charge in [-0.1, -0.05) is 37.0 Å². The van der Waals surface area contributed by atoms with Crippen molar-refractivity contribution in [2.45, 2.75) is 32.7 Å². The minimum absolute atomic E-state index is 0.339. The molecule has 1 heterocycles. The van der Waals surface area contributed by atoms with Crippen molar-refractivity contribution in [2.24, 2.45) is 0 Å². The highest BCUT2D eigenvalue weighted by Crippen LogP contribution is 2.35. The van der Waals surface area contributed by atoms with Crippen LogP contribution in [-0.2, 0) is 0 Å². The molecule has 0 bridgehead atoms. The van der Waals surface area contributed by atoms with Crippen LogP contribution in [0.2, 0.25) is 8.67 Å². The van der Waals surface area contributed by atoms with Crippen LogP contribution in [0.25, 0.3) is 0 Å². The Bertz CT molecular complexity index is 286. The van der Waals surface area contributed by atoms with Crippen LogP contribution in [0.5, 0.6) is 0 Å². The molecule has 0 aliphatic carbocycles. The summed E-state index contributed by atoms with van der Waals surface area (Å²) in [6.45, 7) is 5.32. The van der Waals surface area contributed by atoms with E-state index in [4.69, 9.17) is 23.2 Å². The fourth-order valence-electron chi connectivity index (χ4n) is 1.38. The molecule has 0 saturated heterocycles. The quantitative estimate of drug-likeness (QED) is 0.813. The Morgan fingerprint density at radius 1 is 1.43 bits per heavy atom. The van der Waals surface area contributed by atoms with E-state index in [0.29, 0.717) is 6.04 Å². The molecule has 1 nitrogen and oxygen atoms in total. The maximum absolute atomic E-state index is 6.09. The smallest absolute Gasteiger partial charge is 0.0991 e. The van der Waals surface area contributed by atoms with Gasteiger partial charge >= 0.3 is 0 Å². The Morgan fingerprint density at radius 3 is 2.57 bits per heavy atom. The Balaban J connectivity index is 2.72. The third-order valence-corrected chi connectivity index (χ3v) is 3.63. The lowest BCUT2D eigenvalue weighted by molar-refractivity contribution is 0.520. The number of nitrogens with one attached hydrogen (secondary N) is 1. The summed E-state index contributed by atoms with van der Waals surface area (Å²) in [4.78, 5) is 0. The van der Waals surface area contributed by atoms with E-state index >= 15 is 0 Å². The van der Waals surface area contributed by atoms with Gasteiger partial charge in [-0.15, -0.1) is 11.3 Å². The van der Waals surface area contributed by atoms with Crippen LogP contribution in [0, 0.1) is 0 Å². The summed E-state index contributed by atoms with van der Waals surface area (Å²) in [6, 6.07) is 2.30. The average molecular weight is 252 g/mol. The zero-order valence-corrected chi connectivity index (χ0v) is 10.8. The van der Waals surface area contributed by atoms with Crippen molar-refractivity contribution in [3.8, 4) is 0 Å². The number of thiophene rings is 1. The zero-order chi connectivity index (χ0) is 10.6. The summed E-state index contributed by atoms with van der Waals surface area (Å²) in [5.74, 6) is 0. The number of hydrogen-bond acceptors (Lipinski definition) is 2. The summed E-state index contributed by atoms with van der Waals surface area (Å²) in [5.41, 5.74) is 1.14. The SMILES string of the molecule is CCCNC(CC)c1cc(Cl)sc1Cl. The van der Waals surface area contributed by atoms with Gasteiger partial charge in [-0.05, 0) is 25.5 Å². The Labute approximate surface area is 99.4 Å². The van der Waals surface area contributed by atoms with Crippen LogP contribution in [0.1, 0.15) is 38.3 Å². The van der Waals surface area contributed by atoms with Gasteiger partial charge in [0, 0.05) is 11.6 Å². The molecule has 14 heavy (non-hydrogen) atoms. The molecule has 0 aromatic carbocycles. The third kappa shape index (κ3) is 3.13. The molecule has 0 aliphatic rings. The number of rotatable bonds is 5. The van der Waals surface area contributed by atoms with Crippen LogP contribution < -0.4 is 5.32 Å². The lowest BCUT2D eigenvalue weighted by atomic mass is 10.1. The summed E-state index contributed by atoms with van der Waals surface area (Å²) in [5, 5.41) is 3.45. The van der Waals surface area contributed by atoms with E-state index in [9.17, 15) is 0 Å². The van der Waals surface area contributed by atoms with E-state index in [1.54, 1.807) is 0 Å². The van der Waals surface area contributed by atoms with Crippen LogP contribution in [0.4, 0.5) is 0 Å². The van der Waals surface area contributed by atoms with Crippen molar-refractivity contribution in [1.29, 1.82) is 0 Å². The van der Waals surface area contributed by atoms with Crippen molar-refractivity contribution in [2.75, 3.05) is 6.54 Å². The van der Waals surface area contributed by atoms with Gasteiger partial charge in [0.05, 0.1) is 8.67 Å². The highest BCUT2D eigenvalue weighted by molar-refractivity contribution is 7.20. The molecule has 0 aliphatic heterocycles. The average Bonchev–Trinajstić information content (AvgIpc) is 2.47. The minimum Gasteiger partial charge on any atom is -0.310 e. The maximum Gasteiger partial charge on any atom is 0.0991 e. The van der Waals surface area contributed by atoms with Gasteiger partial charge in [0.15, 0.2) is 0 Å². The van der Waals surface area contributed by atoms with E-state index in [-0.39, 0.29) is 0 Å². The molecule has 4 heteroatoms. The maximum atomic E-state index is 6.09. The van der Waals surface area contributed by atoms with Gasteiger partial charge in [0.25, 0.3) is 0 Å². The topological polar surface area (TPSA) is 12.0 Å². The first-order valence-electron chi connectivity index (χ1n) is 4.87. The molecule has 1 aromatic rings. The van der Waals surface area contributed by atoms with E-state index in [1.807, 2.05) is 6.07 Å².